The van der Waals surface area contributed by atoms with E-state index in [-0.39, 0.29) is 17.9 Å². The minimum atomic E-state index is -4.90. The van der Waals surface area contributed by atoms with Gasteiger partial charge >= 0.3 is 6.18 Å². The Bertz CT molecular complexity index is 1880. The van der Waals surface area contributed by atoms with Gasteiger partial charge in [0.15, 0.2) is 0 Å². The zero-order valence-electron chi connectivity index (χ0n) is 27.9. The summed E-state index contributed by atoms with van der Waals surface area (Å²) in [7, 11) is -4.61. The van der Waals surface area contributed by atoms with Crippen molar-refractivity contribution in [2.24, 2.45) is 0 Å². The van der Waals surface area contributed by atoms with Crippen LogP contribution < -0.4 is 9.62 Å². The second kappa shape index (κ2) is 15.0. The lowest BCUT2D eigenvalue weighted by Crippen LogP contribution is -2.56. The highest BCUT2D eigenvalue weighted by molar-refractivity contribution is 7.92. The molecule has 2 amide bonds. The van der Waals surface area contributed by atoms with Crippen molar-refractivity contribution < 1.29 is 31.2 Å². The van der Waals surface area contributed by atoms with Crippen LogP contribution in [-0.2, 0) is 38.8 Å². The Morgan fingerprint density at radius 2 is 1.39 bits per heavy atom. The number of amides is 2. The summed E-state index contributed by atoms with van der Waals surface area (Å²) in [4.78, 5) is 29.6. The molecule has 260 valence electrons. The van der Waals surface area contributed by atoms with Gasteiger partial charge in [-0.1, -0.05) is 89.5 Å². The fraction of sp³-hybridized carbons (Fsp3) is 0.297. The van der Waals surface area contributed by atoms with Crippen LogP contribution in [0.25, 0.3) is 0 Å². The van der Waals surface area contributed by atoms with Crippen LogP contribution in [0.15, 0.2) is 102 Å². The van der Waals surface area contributed by atoms with Gasteiger partial charge in [0, 0.05) is 18.5 Å². The van der Waals surface area contributed by atoms with Crippen molar-refractivity contribution in [1.29, 1.82) is 0 Å². The first-order valence-electron chi connectivity index (χ1n) is 15.5. The lowest BCUT2D eigenvalue weighted by atomic mass is 10.0. The number of aryl methyl sites for hydroxylation is 2. The molecule has 12 heteroatoms. The Hall–Kier alpha value is -4.35. The maximum atomic E-state index is 14.6. The molecule has 1 atom stereocenters. The first-order chi connectivity index (χ1) is 22.8. The van der Waals surface area contributed by atoms with E-state index in [9.17, 15) is 31.2 Å². The molecule has 0 unspecified atom stereocenters. The largest absolute Gasteiger partial charge is 0.417 e. The molecule has 0 heterocycles. The number of carbonyl (C=O) groups is 2. The first kappa shape index (κ1) is 37.5. The molecule has 4 rings (SSSR count). The van der Waals surface area contributed by atoms with Gasteiger partial charge in [0.1, 0.15) is 12.6 Å². The minimum absolute atomic E-state index is 0.0823. The van der Waals surface area contributed by atoms with Gasteiger partial charge in [0.05, 0.1) is 21.2 Å². The molecular formula is C37H39ClF3N3O4S. The average molecular weight is 714 g/mol. The Morgan fingerprint density at radius 3 is 1.94 bits per heavy atom. The predicted molar refractivity (Wildman–Crippen MR) is 186 cm³/mol. The van der Waals surface area contributed by atoms with Gasteiger partial charge in [-0.05, 0) is 76.1 Å². The standard InChI is InChI=1S/C37H39ClF3N3O4S/c1-25-11-15-28(16-12-25)23-43(33(35(46)42-36(3,4)5)21-27-9-7-6-8-10-27)34(45)24-44(49(47,48)30-18-13-26(2)14-19-30)29-17-20-32(38)31(22-29)37(39,40)41/h6-20,22,33H,21,23-24H2,1-5H3,(H,42,46)/t33-/m1/s1. The zero-order chi connectivity index (χ0) is 36.1. The summed E-state index contributed by atoms with van der Waals surface area (Å²) in [6.07, 6.45) is -4.82. The predicted octanol–water partition coefficient (Wildman–Crippen LogP) is 7.73. The molecule has 0 spiro atoms. The van der Waals surface area contributed by atoms with Crippen molar-refractivity contribution >= 4 is 39.1 Å². The van der Waals surface area contributed by atoms with E-state index < -0.39 is 62.4 Å². The number of anilines is 1. The van der Waals surface area contributed by atoms with Gasteiger partial charge in [-0.15, -0.1) is 0 Å². The summed E-state index contributed by atoms with van der Waals surface area (Å²) in [6.45, 7) is 8.06. The summed E-state index contributed by atoms with van der Waals surface area (Å²) in [5.41, 5.74) is 0.778. The molecule has 0 bridgehead atoms. The summed E-state index contributed by atoms with van der Waals surface area (Å²) >= 11 is 5.89. The lowest BCUT2D eigenvalue weighted by Gasteiger charge is -2.35. The van der Waals surface area contributed by atoms with E-state index in [0.29, 0.717) is 15.9 Å². The second-order valence-electron chi connectivity index (χ2n) is 12.9. The van der Waals surface area contributed by atoms with Crippen LogP contribution in [0.3, 0.4) is 0 Å². The fourth-order valence-corrected chi connectivity index (χ4v) is 6.78. The summed E-state index contributed by atoms with van der Waals surface area (Å²) in [5, 5.41) is 2.32. The van der Waals surface area contributed by atoms with Crippen molar-refractivity contribution in [3.05, 3.63) is 130 Å². The van der Waals surface area contributed by atoms with E-state index in [4.69, 9.17) is 11.6 Å². The van der Waals surface area contributed by atoms with Crippen LogP contribution in [0, 0.1) is 13.8 Å². The van der Waals surface area contributed by atoms with Crippen molar-refractivity contribution in [1.82, 2.24) is 10.2 Å². The van der Waals surface area contributed by atoms with Gasteiger partial charge in [-0.2, -0.15) is 13.2 Å². The molecule has 0 saturated heterocycles. The minimum Gasteiger partial charge on any atom is -0.350 e. The average Bonchev–Trinajstić information content (AvgIpc) is 3.02. The van der Waals surface area contributed by atoms with E-state index in [0.717, 1.165) is 28.8 Å². The number of hydrogen-bond donors (Lipinski definition) is 1. The number of halogens is 4. The van der Waals surface area contributed by atoms with Crippen LogP contribution >= 0.6 is 11.6 Å². The maximum absolute atomic E-state index is 14.6. The van der Waals surface area contributed by atoms with Crippen LogP contribution in [0.4, 0.5) is 18.9 Å². The number of rotatable bonds is 11. The van der Waals surface area contributed by atoms with E-state index in [1.54, 1.807) is 64.1 Å². The van der Waals surface area contributed by atoms with Crippen molar-refractivity contribution in [2.75, 3.05) is 10.8 Å². The van der Waals surface area contributed by atoms with Crippen LogP contribution in [0.5, 0.6) is 0 Å². The van der Waals surface area contributed by atoms with E-state index in [1.807, 2.05) is 37.3 Å². The highest BCUT2D eigenvalue weighted by atomic mass is 35.5. The maximum Gasteiger partial charge on any atom is 0.417 e. The topological polar surface area (TPSA) is 86.8 Å². The number of alkyl halides is 3. The molecule has 0 saturated carbocycles. The number of nitrogens with zero attached hydrogens (tertiary/aromatic N) is 2. The molecule has 7 nitrogen and oxygen atoms in total. The third-order valence-electron chi connectivity index (χ3n) is 7.67. The Morgan fingerprint density at radius 1 is 0.816 bits per heavy atom. The summed E-state index contributed by atoms with van der Waals surface area (Å²) in [5.74, 6) is -1.28. The van der Waals surface area contributed by atoms with E-state index in [2.05, 4.69) is 5.32 Å². The highest BCUT2D eigenvalue weighted by Crippen LogP contribution is 2.38. The fourth-order valence-electron chi connectivity index (χ4n) is 5.15. The summed E-state index contributed by atoms with van der Waals surface area (Å²) in [6, 6.07) is 23.6. The van der Waals surface area contributed by atoms with Gasteiger partial charge < -0.3 is 10.2 Å². The van der Waals surface area contributed by atoms with Crippen LogP contribution in [0.2, 0.25) is 5.02 Å². The monoisotopic (exact) mass is 713 g/mol. The summed E-state index contributed by atoms with van der Waals surface area (Å²) < 4.78 is 71.0. The Kier molecular flexibility index (Phi) is 11.5. The Balaban J connectivity index is 1.88. The number of sulfonamides is 1. The van der Waals surface area contributed by atoms with Gasteiger partial charge in [0.25, 0.3) is 10.0 Å². The zero-order valence-corrected chi connectivity index (χ0v) is 29.5. The van der Waals surface area contributed by atoms with E-state index in [1.165, 1.54) is 17.0 Å². The molecule has 0 aliphatic carbocycles. The molecule has 0 aliphatic rings. The molecule has 4 aromatic rings. The molecule has 0 aliphatic heterocycles. The number of hydrogen-bond acceptors (Lipinski definition) is 4. The quantitative estimate of drug-likeness (QED) is 0.173. The number of nitrogens with one attached hydrogen (secondary N) is 1. The molecule has 4 aromatic carbocycles. The number of carbonyl (C=O) groups excluding carboxylic acids is 2. The van der Waals surface area contributed by atoms with Gasteiger partial charge in [-0.3, -0.25) is 13.9 Å². The van der Waals surface area contributed by atoms with Gasteiger partial charge in [-0.25, -0.2) is 8.42 Å². The number of benzene rings is 4. The Labute approximate surface area is 290 Å². The van der Waals surface area contributed by atoms with Crippen molar-refractivity contribution in [2.45, 2.75) is 70.2 Å². The molecular weight excluding hydrogens is 675 g/mol. The molecule has 1 N–H and O–H groups in total. The second-order valence-corrected chi connectivity index (χ2v) is 15.2. The van der Waals surface area contributed by atoms with Crippen molar-refractivity contribution in [3.8, 4) is 0 Å². The first-order valence-corrected chi connectivity index (χ1v) is 17.3. The van der Waals surface area contributed by atoms with E-state index >= 15 is 0 Å². The third-order valence-corrected chi connectivity index (χ3v) is 9.79. The molecule has 0 fully saturated rings. The van der Waals surface area contributed by atoms with Crippen molar-refractivity contribution in [3.63, 3.8) is 0 Å². The van der Waals surface area contributed by atoms with Crippen LogP contribution in [-0.4, -0.2) is 43.3 Å². The lowest BCUT2D eigenvalue weighted by molar-refractivity contribution is -0.140. The third kappa shape index (κ3) is 9.86. The smallest absolute Gasteiger partial charge is 0.350 e. The molecule has 49 heavy (non-hydrogen) atoms. The van der Waals surface area contributed by atoms with Gasteiger partial charge in [0.2, 0.25) is 11.8 Å². The normalized spacial score (nSPS) is 12.7. The SMILES string of the molecule is Cc1ccc(CN(C(=O)CN(c2ccc(Cl)c(C(F)(F)F)c2)S(=O)(=O)c2ccc(C)cc2)[C@H](Cc2ccccc2)C(=O)NC(C)(C)C)cc1. The highest BCUT2D eigenvalue weighted by Gasteiger charge is 2.38. The molecule has 0 radical (unpaired) electrons. The molecule has 0 aromatic heterocycles. The van der Waals surface area contributed by atoms with Crippen LogP contribution in [0.1, 0.15) is 48.6 Å².